The Morgan fingerprint density at radius 1 is 1.18 bits per heavy atom. The Kier molecular flexibility index (Phi) is 10.3. The van der Waals surface area contributed by atoms with E-state index in [9.17, 15) is 23.5 Å². The van der Waals surface area contributed by atoms with Gasteiger partial charge in [-0.05, 0) is 57.9 Å². The quantitative estimate of drug-likeness (QED) is 0.121. The first-order chi connectivity index (χ1) is 18.8. The molecular formula is C30H40F3NO6. The van der Waals surface area contributed by atoms with Crippen LogP contribution in [-0.4, -0.2) is 35.4 Å². The number of halogens is 3. The number of aromatic hydroxyl groups is 1. The molecule has 0 saturated heterocycles. The van der Waals surface area contributed by atoms with E-state index >= 15 is 4.39 Å². The van der Waals surface area contributed by atoms with Gasteiger partial charge in [-0.2, -0.15) is 8.78 Å². The number of ether oxygens (including phenoxy) is 3. The van der Waals surface area contributed by atoms with Crippen molar-refractivity contribution in [3.63, 3.8) is 0 Å². The van der Waals surface area contributed by atoms with E-state index < -0.39 is 42.0 Å². The minimum Gasteiger partial charge on any atom is -0.507 e. The molecule has 0 radical (unpaired) electrons. The van der Waals surface area contributed by atoms with Crippen molar-refractivity contribution in [1.82, 2.24) is 0 Å². The van der Waals surface area contributed by atoms with Gasteiger partial charge >= 0.3 is 18.0 Å². The fourth-order valence-electron chi connectivity index (χ4n) is 5.56. The molecule has 0 bridgehead atoms. The molecule has 0 heterocycles. The van der Waals surface area contributed by atoms with E-state index in [0.29, 0.717) is 18.4 Å². The third-order valence-electron chi connectivity index (χ3n) is 7.90. The molecule has 0 aromatic heterocycles. The Morgan fingerprint density at radius 3 is 2.50 bits per heavy atom. The van der Waals surface area contributed by atoms with Gasteiger partial charge in [0.15, 0.2) is 0 Å². The van der Waals surface area contributed by atoms with Gasteiger partial charge in [0.05, 0.1) is 19.1 Å². The Morgan fingerprint density at radius 2 is 1.88 bits per heavy atom. The van der Waals surface area contributed by atoms with E-state index in [4.69, 9.17) is 15.2 Å². The normalized spacial score (nSPS) is 20.6. The first-order valence-corrected chi connectivity index (χ1v) is 13.8. The van der Waals surface area contributed by atoms with Gasteiger partial charge in [0.25, 0.3) is 0 Å². The summed E-state index contributed by atoms with van der Waals surface area (Å²) in [5.41, 5.74) is 4.07. The summed E-state index contributed by atoms with van der Waals surface area (Å²) in [5.74, 6) is -2.94. The molecule has 1 saturated carbocycles. The van der Waals surface area contributed by atoms with Gasteiger partial charge in [-0.25, -0.2) is 9.18 Å². The largest absolute Gasteiger partial charge is 0.507 e. The molecule has 7 nitrogen and oxygen atoms in total. The maximum atomic E-state index is 15.2. The summed E-state index contributed by atoms with van der Waals surface area (Å²) in [5, 5.41) is 10.7. The number of carbonyl (C=O) groups is 2. The number of hydrogen-bond donors (Lipinski definition) is 2. The molecule has 2 aliphatic carbocycles. The summed E-state index contributed by atoms with van der Waals surface area (Å²) in [6, 6.07) is 2.48. The van der Waals surface area contributed by atoms with Gasteiger partial charge in [-0.15, -0.1) is 0 Å². The summed E-state index contributed by atoms with van der Waals surface area (Å²) in [6.07, 6.45) is 3.45. The van der Waals surface area contributed by atoms with Crippen molar-refractivity contribution in [3.8, 4) is 17.2 Å². The molecule has 0 aliphatic heterocycles. The number of esters is 2. The Balaban J connectivity index is 1.64. The number of carbonyl (C=O) groups excluding carboxylic acids is 2. The van der Waals surface area contributed by atoms with Crippen LogP contribution in [0.25, 0.3) is 0 Å². The van der Waals surface area contributed by atoms with Crippen molar-refractivity contribution in [1.29, 1.82) is 0 Å². The minimum atomic E-state index is -3.98. The van der Waals surface area contributed by atoms with Crippen LogP contribution in [0.4, 0.5) is 13.2 Å². The lowest BCUT2D eigenvalue weighted by Gasteiger charge is -2.35. The van der Waals surface area contributed by atoms with Crippen LogP contribution in [0.5, 0.6) is 17.2 Å². The average Bonchev–Trinajstić information content (AvgIpc) is 2.88. The standard InChI is InChI=1S/C30H40F3NO6/c1-4-38-24-17-22(16-23(35)26(24)21-10-8-9-20(2)15-21)39-27(37)28(3,31)13-14-30(32,33)40-25(36)18-29(19-34)11-6-5-7-12-29/h4,15-17,21,35H,1,5-14,18-19,34H2,2-3H3. The molecule has 0 amide bonds. The molecule has 2 aliphatic rings. The highest BCUT2D eigenvalue weighted by molar-refractivity contribution is 5.81. The maximum absolute atomic E-state index is 15.2. The second-order valence-corrected chi connectivity index (χ2v) is 11.3. The summed E-state index contributed by atoms with van der Waals surface area (Å²) >= 11 is 0. The van der Waals surface area contributed by atoms with Crippen LogP contribution in [-0.2, 0) is 14.3 Å². The van der Waals surface area contributed by atoms with E-state index in [1.54, 1.807) is 0 Å². The fourth-order valence-corrected chi connectivity index (χ4v) is 5.56. The van der Waals surface area contributed by atoms with Crippen LogP contribution in [0, 0.1) is 5.41 Å². The maximum Gasteiger partial charge on any atom is 0.399 e. The average molecular weight is 568 g/mol. The SMILES string of the molecule is C=COc1cc(OC(=O)C(C)(F)CCC(F)(F)OC(=O)CC2(CN)CCCCC2)cc(O)c1C1C=C(C)CCC1. The van der Waals surface area contributed by atoms with Crippen LogP contribution in [0.15, 0.2) is 36.6 Å². The first-order valence-electron chi connectivity index (χ1n) is 13.8. The monoisotopic (exact) mass is 567 g/mol. The highest BCUT2D eigenvalue weighted by Crippen LogP contribution is 2.44. The zero-order valence-electron chi connectivity index (χ0n) is 23.3. The molecular weight excluding hydrogens is 527 g/mol. The van der Waals surface area contributed by atoms with Gasteiger partial charge in [0.1, 0.15) is 17.2 Å². The number of rotatable bonds is 12. The summed E-state index contributed by atoms with van der Waals surface area (Å²) < 4.78 is 59.1. The molecule has 2 unspecified atom stereocenters. The number of benzene rings is 1. The molecule has 3 N–H and O–H groups in total. The summed E-state index contributed by atoms with van der Waals surface area (Å²) in [6.45, 7) is 6.52. The van der Waals surface area contributed by atoms with Crippen molar-refractivity contribution in [3.05, 3.63) is 42.2 Å². The zero-order valence-corrected chi connectivity index (χ0v) is 23.3. The van der Waals surface area contributed by atoms with Crippen LogP contribution in [0.2, 0.25) is 0 Å². The molecule has 2 atom stereocenters. The predicted molar refractivity (Wildman–Crippen MR) is 144 cm³/mol. The van der Waals surface area contributed by atoms with Crippen LogP contribution < -0.4 is 15.2 Å². The molecule has 40 heavy (non-hydrogen) atoms. The number of phenolic OH excluding ortho intramolecular Hbond substituents is 1. The first kappa shape index (κ1) is 31.5. The Labute approximate surface area is 233 Å². The molecule has 222 valence electrons. The van der Waals surface area contributed by atoms with E-state index in [1.165, 1.54) is 11.6 Å². The molecule has 0 spiro atoms. The van der Waals surface area contributed by atoms with Crippen LogP contribution in [0.3, 0.4) is 0 Å². The van der Waals surface area contributed by atoms with E-state index in [0.717, 1.165) is 57.8 Å². The zero-order chi connectivity index (χ0) is 29.6. The smallest absolute Gasteiger partial charge is 0.399 e. The Hall–Kier alpha value is -3.01. The molecule has 3 rings (SSSR count). The van der Waals surface area contributed by atoms with Crippen molar-refractivity contribution in [2.45, 2.75) is 102 Å². The lowest BCUT2D eigenvalue weighted by atomic mass is 9.72. The summed E-state index contributed by atoms with van der Waals surface area (Å²) in [4.78, 5) is 24.9. The topological polar surface area (TPSA) is 108 Å². The van der Waals surface area contributed by atoms with Crippen molar-refractivity contribution < 1.29 is 42.1 Å². The van der Waals surface area contributed by atoms with Gasteiger partial charge in [0, 0.05) is 30.0 Å². The summed E-state index contributed by atoms with van der Waals surface area (Å²) in [7, 11) is 0. The van der Waals surface area contributed by atoms with Crippen LogP contribution in [0.1, 0.15) is 96.0 Å². The molecule has 1 aromatic carbocycles. The van der Waals surface area contributed by atoms with Crippen molar-refractivity contribution >= 4 is 11.9 Å². The lowest BCUT2D eigenvalue weighted by Crippen LogP contribution is -2.39. The van der Waals surface area contributed by atoms with E-state index in [1.807, 2.05) is 13.0 Å². The number of nitrogens with two attached hydrogens (primary N) is 1. The van der Waals surface area contributed by atoms with Gasteiger partial charge in [-0.3, -0.25) is 4.79 Å². The van der Waals surface area contributed by atoms with Crippen molar-refractivity contribution in [2.75, 3.05) is 6.54 Å². The van der Waals surface area contributed by atoms with Crippen molar-refractivity contribution in [2.24, 2.45) is 11.1 Å². The van der Waals surface area contributed by atoms with Crippen LogP contribution >= 0.6 is 0 Å². The van der Waals surface area contributed by atoms with Gasteiger partial charge < -0.3 is 25.1 Å². The predicted octanol–water partition coefficient (Wildman–Crippen LogP) is 6.98. The highest BCUT2D eigenvalue weighted by Gasteiger charge is 2.43. The van der Waals surface area contributed by atoms with Gasteiger partial charge in [-0.1, -0.05) is 37.5 Å². The number of hydrogen-bond acceptors (Lipinski definition) is 7. The number of allylic oxidation sites excluding steroid dienone is 2. The second-order valence-electron chi connectivity index (χ2n) is 11.3. The number of alkyl halides is 3. The minimum absolute atomic E-state index is 0.136. The van der Waals surface area contributed by atoms with Gasteiger partial charge in [0.2, 0.25) is 5.67 Å². The molecule has 1 aromatic rings. The lowest BCUT2D eigenvalue weighted by molar-refractivity contribution is -0.239. The molecule has 10 heteroatoms. The second kappa shape index (κ2) is 13.1. The van der Waals surface area contributed by atoms with E-state index in [-0.39, 0.29) is 36.1 Å². The Bertz CT molecular complexity index is 1110. The molecule has 1 fully saturated rings. The number of phenols is 1. The fraction of sp³-hybridized carbons (Fsp3) is 0.600. The third-order valence-corrected chi connectivity index (χ3v) is 7.90. The third kappa shape index (κ3) is 8.25. The van der Waals surface area contributed by atoms with E-state index in [2.05, 4.69) is 11.3 Å². The highest BCUT2D eigenvalue weighted by atomic mass is 19.3.